The molecule has 0 aliphatic carbocycles. The maximum Gasteiger partial charge on any atom is 0.258 e. The van der Waals surface area contributed by atoms with Gasteiger partial charge in [-0.2, -0.15) is 0 Å². The largest absolute Gasteiger partial charge is 0.454 e. The van der Waals surface area contributed by atoms with Crippen LogP contribution in [0.15, 0.2) is 72.5 Å². The average molecular weight is 294 g/mol. The van der Waals surface area contributed by atoms with Crippen LogP contribution in [0.1, 0.15) is 10.4 Å². The van der Waals surface area contributed by atoms with Crippen molar-refractivity contribution in [1.82, 2.24) is 15.3 Å². The topological polar surface area (TPSA) is 76.5 Å². The Bertz CT molecular complexity index is 711. The minimum atomic E-state index is -0.371. The number of nitrogens with zero attached hydrogens (tertiary/aromatic N) is 3. The molecule has 2 heterocycles. The van der Waals surface area contributed by atoms with E-state index >= 15 is 0 Å². The molecule has 6 heteroatoms. The Morgan fingerprint density at radius 1 is 1.27 bits per heavy atom. The molecule has 0 aromatic carbocycles. The van der Waals surface area contributed by atoms with Crippen LogP contribution in [0.4, 0.5) is 0 Å². The van der Waals surface area contributed by atoms with E-state index in [0.29, 0.717) is 22.9 Å². The predicted octanol–water partition coefficient (Wildman–Crippen LogP) is 2.73. The summed E-state index contributed by atoms with van der Waals surface area (Å²) in [6.45, 7) is 6.91. The third-order valence-corrected chi connectivity index (χ3v) is 2.53. The summed E-state index contributed by atoms with van der Waals surface area (Å²) in [5.41, 5.74) is 0.333. The summed E-state index contributed by atoms with van der Waals surface area (Å²) in [4.78, 5) is 23.7. The van der Waals surface area contributed by atoms with E-state index in [2.05, 4.69) is 33.6 Å². The van der Waals surface area contributed by atoms with Gasteiger partial charge in [-0.15, -0.1) is 0 Å². The van der Waals surface area contributed by atoms with E-state index in [0.717, 1.165) is 0 Å². The first-order valence-corrected chi connectivity index (χ1v) is 6.36. The zero-order valence-corrected chi connectivity index (χ0v) is 11.8. The fourth-order valence-corrected chi connectivity index (χ4v) is 1.58. The molecule has 0 fully saturated rings. The Labute approximate surface area is 127 Å². The highest BCUT2D eigenvalue weighted by molar-refractivity contribution is 5.95. The summed E-state index contributed by atoms with van der Waals surface area (Å²) in [5, 5.41) is 2.59. The molecule has 0 aliphatic heterocycles. The Morgan fingerprint density at radius 3 is 2.77 bits per heavy atom. The number of ether oxygens (including phenoxy) is 1. The fraction of sp³-hybridized carbons (Fsp3) is 0. The van der Waals surface area contributed by atoms with E-state index in [1.807, 2.05) is 0 Å². The lowest BCUT2D eigenvalue weighted by molar-refractivity contribution is 0.0965. The minimum absolute atomic E-state index is 0.304. The predicted molar refractivity (Wildman–Crippen MR) is 83.8 cm³/mol. The van der Waals surface area contributed by atoms with Crippen molar-refractivity contribution in [3.8, 4) is 11.5 Å². The molecule has 110 valence electrons. The highest BCUT2D eigenvalue weighted by Gasteiger charge is 2.09. The molecular formula is C16H14N4O2. The van der Waals surface area contributed by atoms with Crippen molar-refractivity contribution in [3.05, 3.63) is 73.1 Å². The molecular weight excluding hydrogens is 280 g/mol. The summed E-state index contributed by atoms with van der Waals surface area (Å²) in [5.74, 6) is 0.923. The molecule has 0 bridgehead atoms. The number of hydrogen-bond acceptors (Lipinski definition) is 5. The first-order chi connectivity index (χ1) is 10.7. The van der Waals surface area contributed by atoms with Crippen molar-refractivity contribution in [2.45, 2.75) is 0 Å². The average Bonchev–Trinajstić information content (AvgIpc) is 2.55. The standard InChI is InChI=1S/C16H14N4O2/c1-3-5-15(17-2)20-16(21)12-8-14(11-19-9-12)22-13-6-4-7-18-10-13/h3-11H,1-2H2,(H,20,21)/b15-5+. The van der Waals surface area contributed by atoms with Crippen LogP contribution in [0, 0.1) is 0 Å². The second kappa shape index (κ2) is 7.49. The van der Waals surface area contributed by atoms with Crippen molar-refractivity contribution < 1.29 is 9.53 Å². The first-order valence-electron chi connectivity index (χ1n) is 6.36. The van der Waals surface area contributed by atoms with E-state index < -0.39 is 0 Å². The molecule has 2 aromatic heterocycles. The van der Waals surface area contributed by atoms with Gasteiger partial charge in [0.2, 0.25) is 0 Å². The minimum Gasteiger partial charge on any atom is -0.454 e. The molecule has 22 heavy (non-hydrogen) atoms. The van der Waals surface area contributed by atoms with E-state index in [1.54, 1.807) is 30.6 Å². The molecule has 1 amide bonds. The van der Waals surface area contributed by atoms with Crippen LogP contribution in [0.2, 0.25) is 0 Å². The van der Waals surface area contributed by atoms with Crippen molar-refractivity contribution in [3.63, 3.8) is 0 Å². The lowest BCUT2D eigenvalue weighted by atomic mass is 10.2. The Balaban J connectivity index is 2.14. The number of rotatable bonds is 6. The van der Waals surface area contributed by atoms with E-state index in [9.17, 15) is 4.79 Å². The van der Waals surface area contributed by atoms with Gasteiger partial charge in [-0.05, 0) is 31.0 Å². The van der Waals surface area contributed by atoms with Crippen LogP contribution in [-0.4, -0.2) is 22.6 Å². The number of amides is 1. The number of nitrogens with one attached hydrogen (secondary N) is 1. The smallest absolute Gasteiger partial charge is 0.258 e. The van der Waals surface area contributed by atoms with Gasteiger partial charge in [0.1, 0.15) is 17.3 Å². The number of pyridine rings is 2. The van der Waals surface area contributed by atoms with Gasteiger partial charge in [0, 0.05) is 12.4 Å². The van der Waals surface area contributed by atoms with Gasteiger partial charge in [-0.1, -0.05) is 12.7 Å². The van der Waals surface area contributed by atoms with Gasteiger partial charge in [0.15, 0.2) is 0 Å². The van der Waals surface area contributed by atoms with Gasteiger partial charge < -0.3 is 10.1 Å². The zero-order valence-electron chi connectivity index (χ0n) is 11.8. The zero-order chi connectivity index (χ0) is 15.8. The number of carbonyl (C=O) groups excluding carboxylic acids is 1. The fourth-order valence-electron chi connectivity index (χ4n) is 1.58. The molecule has 2 aromatic rings. The molecule has 0 saturated heterocycles. The quantitative estimate of drug-likeness (QED) is 0.656. The first kappa shape index (κ1) is 15.1. The third kappa shape index (κ3) is 4.11. The second-order valence-electron chi connectivity index (χ2n) is 4.10. The number of aromatic nitrogens is 2. The van der Waals surface area contributed by atoms with Gasteiger partial charge in [-0.3, -0.25) is 14.8 Å². The Morgan fingerprint density at radius 2 is 2.09 bits per heavy atom. The molecule has 0 unspecified atom stereocenters. The van der Waals surface area contributed by atoms with Gasteiger partial charge in [0.05, 0.1) is 18.0 Å². The highest BCUT2D eigenvalue weighted by atomic mass is 16.5. The molecule has 0 aliphatic rings. The molecule has 6 nitrogen and oxygen atoms in total. The number of allylic oxidation sites excluding steroid dienone is 2. The van der Waals surface area contributed by atoms with Crippen molar-refractivity contribution in [1.29, 1.82) is 0 Å². The Hall–Kier alpha value is -3.28. The van der Waals surface area contributed by atoms with Crippen LogP contribution in [0.25, 0.3) is 0 Å². The Kier molecular flexibility index (Phi) is 5.15. The summed E-state index contributed by atoms with van der Waals surface area (Å²) in [7, 11) is 0. The molecule has 0 saturated carbocycles. The second-order valence-corrected chi connectivity index (χ2v) is 4.10. The number of aliphatic imine (C=N–C) groups is 1. The number of carbonyl (C=O) groups is 1. The van der Waals surface area contributed by atoms with Crippen molar-refractivity contribution in [2.75, 3.05) is 0 Å². The van der Waals surface area contributed by atoms with Crippen LogP contribution in [0.5, 0.6) is 11.5 Å². The molecule has 2 rings (SSSR count). The van der Waals surface area contributed by atoms with Crippen LogP contribution in [0.3, 0.4) is 0 Å². The monoisotopic (exact) mass is 294 g/mol. The molecule has 0 spiro atoms. The van der Waals surface area contributed by atoms with Gasteiger partial charge in [0.25, 0.3) is 5.91 Å². The molecule has 0 radical (unpaired) electrons. The maximum absolute atomic E-state index is 12.1. The lowest BCUT2D eigenvalue weighted by Crippen LogP contribution is -2.21. The van der Waals surface area contributed by atoms with Crippen molar-refractivity contribution in [2.24, 2.45) is 4.99 Å². The number of hydrogen-bond donors (Lipinski definition) is 1. The van der Waals surface area contributed by atoms with Gasteiger partial charge in [-0.25, -0.2) is 4.99 Å². The highest BCUT2D eigenvalue weighted by Crippen LogP contribution is 2.20. The molecule has 1 N–H and O–H groups in total. The lowest BCUT2D eigenvalue weighted by Gasteiger charge is -2.07. The summed E-state index contributed by atoms with van der Waals surface area (Å²) in [6.07, 6.45) is 9.19. The van der Waals surface area contributed by atoms with E-state index in [1.165, 1.54) is 24.5 Å². The van der Waals surface area contributed by atoms with Crippen molar-refractivity contribution >= 4 is 12.6 Å². The van der Waals surface area contributed by atoms with Gasteiger partial charge >= 0.3 is 0 Å². The van der Waals surface area contributed by atoms with Crippen LogP contribution in [-0.2, 0) is 0 Å². The van der Waals surface area contributed by atoms with Crippen LogP contribution >= 0.6 is 0 Å². The summed E-state index contributed by atoms with van der Waals surface area (Å²) >= 11 is 0. The van der Waals surface area contributed by atoms with E-state index in [4.69, 9.17) is 4.74 Å². The summed E-state index contributed by atoms with van der Waals surface area (Å²) < 4.78 is 5.58. The molecule has 0 atom stereocenters. The maximum atomic E-state index is 12.1. The third-order valence-electron chi connectivity index (χ3n) is 2.53. The SMILES string of the molecule is C=C/C=C(\N=C)NC(=O)c1cncc(Oc2cccnc2)c1. The normalized spacial score (nSPS) is 10.6. The van der Waals surface area contributed by atoms with E-state index in [-0.39, 0.29) is 5.91 Å². The van der Waals surface area contributed by atoms with Crippen LogP contribution < -0.4 is 10.1 Å². The summed E-state index contributed by atoms with van der Waals surface area (Å²) in [6, 6.07) is 5.08.